The Morgan fingerprint density at radius 3 is 2.64 bits per heavy atom. The first-order chi connectivity index (χ1) is 13.4. The van der Waals surface area contributed by atoms with Crippen molar-refractivity contribution < 1.29 is 14.0 Å². The normalized spacial score (nSPS) is 10.5. The number of nitrogens with zero attached hydrogens (tertiary/aromatic N) is 1. The Labute approximate surface area is 166 Å². The van der Waals surface area contributed by atoms with Crippen LogP contribution >= 0.6 is 11.3 Å². The molecular weight excluding hydrogens is 377 g/mol. The summed E-state index contributed by atoms with van der Waals surface area (Å²) in [5.41, 5.74) is 4.23. The van der Waals surface area contributed by atoms with E-state index in [2.05, 4.69) is 15.6 Å². The van der Waals surface area contributed by atoms with Crippen molar-refractivity contribution in [2.75, 3.05) is 11.9 Å². The number of carbonyl (C=O) groups is 2. The smallest absolute Gasteiger partial charge is 0.313 e. The fraction of sp³-hybridized carbons (Fsp3) is 0.190. The molecule has 0 aliphatic carbocycles. The van der Waals surface area contributed by atoms with Gasteiger partial charge in [0.25, 0.3) is 0 Å². The molecule has 0 unspecified atom stereocenters. The third-order valence-electron chi connectivity index (χ3n) is 4.26. The van der Waals surface area contributed by atoms with Gasteiger partial charge in [0.2, 0.25) is 0 Å². The maximum atomic E-state index is 13.3. The number of carbonyl (C=O) groups excluding carboxylic acids is 2. The minimum Gasteiger partial charge on any atom is -0.347 e. The topological polar surface area (TPSA) is 71.1 Å². The summed E-state index contributed by atoms with van der Waals surface area (Å²) in [6.07, 6.45) is 0.481. The van der Waals surface area contributed by atoms with Gasteiger partial charge in [0, 0.05) is 29.6 Å². The number of thiazole rings is 1. The van der Waals surface area contributed by atoms with E-state index in [-0.39, 0.29) is 12.4 Å². The molecule has 0 saturated carbocycles. The molecule has 2 aromatic carbocycles. The van der Waals surface area contributed by atoms with Crippen molar-refractivity contribution in [1.29, 1.82) is 0 Å². The van der Waals surface area contributed by atoms with Gasteiger partial charge in [0.15, 0.2) is 0 Å². The van der Waals surface area contributed by atoms with E-state index in [1.165, 1.54) is 23.5 Å². The first-order valence-electron chi connectivity index (χ1n) is 8.79. The first kappa shape index (κ1) is 19.7. The van der Waals surface area contributed by atoms with Crippen LogP contribution < -0.4 is 10.6 Å². The Hall–Kier alpha value is -3.06. The van der Waals surface area contributed by atoms with Gasteiger partial charge in [-0.2, -0.15) is 0 Å². The van der Waals surface area contributed by atoms with Crippen LogP contribution in [0.1, 0.15) is 16.8 Å². The molecule has 0 bridgehead atoms. The van der Waals surface area contributed by atoms with E-state index in [9.17, 15) is 14.0 Å². The zero-order chi connectivity index (χ0) is 20.1. The number of hydrogen-bond acceptors (Lipinski definition) is 4. The molecule has 0 aliphatic heterocycles. The van der Waals surface area contributed by atoms with Crippen molar-refractivity contribution in [2.45, 2.75) is 20.3 Å². The zero-order valence-electron chi connectivity index (χ0n) is 15.6. The Bertz CT molecular complexity index is 1020. The largest absolute Gasteiger partial charge is 0.347 e. The molecule has 0 atom stereocenters. The number of amides is 2. The van der Waals surface area contributed by atoms with Gasteiger partial charge in [0.05, 0.1) is 5.69 Å². The Kier molecular flexibility index (Phi) is 6.16. The molecule has 1 aromatic heterocycles. The lowest BCUT2D eigenvalue weighted by Gasteiger charge is -2.08. The molecule has 5 nitrogen and oxygen atoms in total. The number of hydrogen-bond donors (Lipinski definition) is 2. The standard InChI is InChI=1S/C21H20FN3O2S/c1-13-6-7-17(10-14(13)2)24-20(27)19(26)23-9-8-18-12-28-21(25-18)15-4-3-5-16(22)11-15/h3-7,10-12H,8-9H2,1-2H3,(H,23,26)(H,24,27). The van der Waals surface area contributed by atoms with Crippen LogP contribution in [0.2, 0.25) is 0 Å². The van der Waals surface area contributed by atoms with Crippen molar-refractivity contribution in [1.82, 2.24) is 10.3 Å². The molecule has 7 heteroatoms. The van der Waals surface area contributed by atoms with Gasteiger partial charge in [-0.05, 0) is 49.2 Å². The summed E-state index contributed by atoms with van der Waals surface area (Å²) in [6, 6.07) is 11.7. The van der Waals surface area contributed by atoms with Crippen LogP contribution in [0.5, 0.6) is 0 Å². The summed E-state index contributed by atoms with van der Waals surface area (Å²) in [6.45, 7) is 4.20. The van der Waals surface area contributed by atoms with E-state index in [4.69, 9.17) is 0 Å². The molecule has 0 radical (unpaired) electrons. The molecule has 2 amide bonds. The third-order valence-corrected chi connectivity index (χ3v) is 5.20. The fourth-order valence-electron chi connectivity index (χ4n) is 2.57. The minimum absolute atomic E-state index is 0.283. The summed E-state index contributed by atoms with van der Waals surface area (Å²) in [7, 11) is 0. The SMILES string of the molecule is Cc1ccc(NC(=O)C(=O)NCCc2csc(-c3cccc(F)c3)n2)cc1C. The lowest BCUT2D eigenvalue weighted by atomic mass is 10.1. The number of aromatic nitrogens is 1. The highest BCUT2D eigenvalue weighted by Crippen LogP contribution is 2.24. The Morgan fingerprint density at radius 1 is 1.07 bits per heavy atom. The van der Waals surface area contributed by atoms with Gasteiger partial charge in [-0.1, -0.05) is 18.2 Å². The van der Waals surface area contributed by atoms with Crippen LogP contribution in [-0.4, -0.2) is 23.3 Å². The maximum absolute atomic E-state index is 13.3. The lowest BCUT2D eigenvalue weighted by molar-refractivity contribution is -0.136. The number of halogens is 1. The number of rotatable bonds is 5. The van der Waals surface area contributed by atoms with Crippen LogP contribution in [0, 0.1) is 19.7 Å². The number of anilines is 1. The molecule has 3 aromatic rings. The van der Waals surface area contributed by atoms with Crippen LogP contribution in [0.4, 0.5) is 10.1 Å². The van der Waals surface area contributed by atoms with Gasteiger partial charge in [-0.3, -0.25) is 9.59 Å². The van der Waals surface area contributed by atoms with E-state index < -0.39 is 11.8 Å². The molecule has 144 valence electrons. The second kappa shape index (κ2) is 8.75. The zero-order valence-corrected chi connectivity index (χ0v) is 16.4. The summed E-state index contributed by atoms with van der Waals surface area (Å²) < 4.78 is 13.3. The monoisotopic (exact) mass is 397 g/mol. The molecule has 0 aliphatic rings. The summed E-state index contributed by atoms with van der Waals surface area (Å²) in [5, 5.41) is 7.76. The van der Waals surface area contributed by atoms with Crippen LogP contribution in [0.3, 0.4) is 0 Å². The Morgan fingerprint density at radius 2 is 1.89 bits per heavy atom. The maximum Gasteiger partial charge on any atom is 0.313 e. The second-order valence-electron chi connectivity index (χ2n) is 6.41. The average molecular weight is 397 g/mol. The molecule has 0 spiro atoms. The molecule has 2 N–H and O–H groups in total. The van der Waals surface area contributed by atoms with Gasteiger partial charge in [-0.15, -0.1) is 11.3 Å². The van der Waals surface area contributed by atoms with Gasteiger partial charge in [0.1, 0.15) is 10.8 Å². The van der Waals surface area contributed by atoms with Gasteiger partial charge >= 0.3 is 11.8 Å². The van der Waals surface area contributed by atoms with Crippen molar-refractivity contribution in [2.24, 2.45) is 0 Å². The van der Waals surface area contributed by atoms with Crippen LogP contribution in [0.15, 0.2) is 47.8 Å². The quantitative estimate of drug-likeness (QED) is 0.642. The molecular formula is C21H20FN3O2S. The predicted molar refractivity (Wildman–Crippen MR) is 109 cm³/mol. The molecule has 0 saturated heterocycles. The van der Waals surface area contributed by atoms with Gasteiger partial charge in [-0.25, -0.2) is 9.37 Å². The van der Waals surface area contributed by atoms with Crippen LogP contribution in [-0.2, 0) is 16.0 Å². The van der Waals surface area contributed by atoms with E-state index in [0.29, 0.717) is 22.7 Å². The Balaban J connectivity index is 1.50. The van der Waals surface area contributed by atoms with Crippen molar-refractivity contribution in [3.63, 3.8) is 0 Å². The second-order valence-corrected chi connectivity index (χ2v) is 7.27. The molecule has 1 heterocycles. The number of nitrogens with one attached hydrogen (secondary N) is 2. The van der Waals surface area contributed by atoms with Crippen LogP contribution in [0.25, 0.3) is 10.6 Å². The number of benzene rings is 2. The number of aryl methyl sites for hydroxylation is 2. The molecule has 0 fully saturated rings. The summed E-state index contributed by atoms with van der Waals surface area (Å²) in [4.78, 5) is 28.4. The summed E-state index contributed by atoms with van der Waals surface area (Å²) in [5.74, 6) is -1.71. The van der Waals surface area contributed by atoms with Crippen molar-refractivity contribution >= 4 is 28.8 Å². The minimum atomic E-state index is -0.706. The van der Waals surface area contributed by atoms with Crippen molar-refractivity contribution in [3.8, 4) is 10.6 Å². The van der Waals surface area contributed by atoms with Crippen molar-refractivity contribution in [3.05, 3.63) is 70.5 Å². The molecule has 3 rings (SSSR count). The fourth-order valence-corrected chi connectivity index (χ4v) is 3.42. The van der Waals surface area contributed by atoms with Gasteiger partial charge < -0.3 is 10.6 Å². The predicted octanol–water partition coefficient (Wildman–Crippen LogP) is 3.86. The summed E-state index contributed by atoms with van der Waals surface area (Å²) >= 11 is 1.41. The highest BCUT2D eigenvalue weighted by atomic mass is 32.1. The van der Waals surface area contributed by atoms with E-state index in [0.717, 1.165) is 16.8 Å². The first-order valence-corrected chi connectivity index (χ1v) is 9.67. The van der Waals surface area contributed by atoms with E-state index >= 15 is 0 Å². The van der Waals surface area contributed by atoms with E-state index in [1.54, 1.807) is 18.2 Å². The highest BCUT2D eigenvalue weighted by Gasteiger charge is 2.14. The lowest BCUT2D eigenvalue weighted by Crippen LogP contribution is -2.36. The molecule has 28 heavy (non-hydrogen) atoms. The average Bonchev–Trinajstić information content (AvgIpc) is 3.13. The van der Waals surface area contributed by atoms with E-state index in [1.807, 2.05) is 31.4 Å². The third kappa shape index (κ3) is 5.01. The highest BCUT2D eigenvalue weighted by molar-refractivity contribution is 7.13.